The molecular formula is C18H24F2N2O3. The lowest BCUT2D eigenvalue weighted by Crippen LogP contribution is -2.36. The number of rotatable bonds is 8. The molecule has 138 valence electrons. The first-order chi connectivity index (χ1) is 12.0. The number of halogens is 2. The zero-order valence-electron chi connectivity index (χ0n) is 14.3. The first-order valence-corrected chi connectivity index (χ1v) is 8.60. The van der Waals surface area contributed by atoms with Crippen LogP contribution < -0.4 is 10.6 Å². The summed E-state index contributed by atoms with van der Waals surface area (Å²) in [5.74, 6) is -2.52. The Kier molecular flexibility index (Phi) is 7.31. The third-order valence-electron chi connectivity index (χ3n) is 4.17. The number of carbonyl (C=O) groups is 2. The van der Waals surface area contributed by atoms with E-state index >= 15 is 0 Å². The minimum Gasteiger partial charge on any atom is -0.378 e. The molecular weight excluding hydrogens is 330 g/mol. The number of nitrogens with one attached hydrogen (secondary N) is 2. The summed E-state index contributed by atoms with van der Waals surface area (Å²) in [6.45, 7) is 2.83. The Hall–Kier alpha value is -2.02. The second kappa shape index (κ2) is 9.46. The first-order valence-electron chi connectivity index (χ1n) is 8.60. The highest BCUT2D eigenvalue weighted by Crippen LogP contribution is 2.17. The zero-order valence-corrected chi connectivity index (χ0v) is 14.3. The fraction of sp³-hybridized carbons (Fsp3) is 0.556. The molecule has 7 heteroatoms. The largest absolute Gasteiger partial charge is 0.378 e. The van der Waals surface area contributed by atoms with Crippen molar-refractivity contribution in [3.8, 4) is 0 Å². The number of hydrogen-bond donors (Lipinski definition) is 2. The molecule has 0 aliphatic carbocycles. The summed E-state index contributed by atoms with van der Waals surface area (Å²) >= 11 is 0. The molecule has 1 aromatic carbocycles. The molecule has 2 atom stereocenters. The van der Waals surface area contributed by atoms with Gasteiger partial charge in [-0.15, -0.1) is 0 Å². The van der Waals surface area contributed by atoms with Crippen molar-refractivity contribution in [2.45, 2.75) is 51.2 Å². The predicted molar refractivity (Wildman–Crippen MR) is 89.1 cm³/mol. The van der Waals surface area contributed by atoms with Crippen molar-refractivity contribution >= 4 is 11.8 Å². The second-order valence-corrected chi connectivity index (χ2v) is 6.31. The van der Waals surface area contributed by atoms with E-state index in [9.17, 15) is 18.4 Å². The molecule has 2 unspecified atom stereocenters. The molecule has 2 amide bonds. The molecule has 0 radical (unpaired) electrons. The topological polar surface area (TPSA) is 67.4 Å². The third-order valence-corrected chi connectivity index (χ3v) is 4.17. The third kappa shape index (κ3) is 6.42. The summed E-state index contributed by atoms with van der Waals surface area (Å²) in [6, 6.07) is 2.77. The van der Waals surface area contributed by atoms with E-state index in [0.29, 0.717) is 12.2 Å². The molecule has 0 saturated carbocycles. The van der Waals surface area contributed by atoms with Gasteiger partial charge in [0, 0.05) is 31.7 Å². The Morgan fingerprint density at radius 1 is 1.36 bits per heavy atom. The van der Waals surface area contributed by atoms with E-state index in [4.69, 9.17) is 4.74 Å². The highest BCUT2D eigenvalue weighted by molar-refractivity contribution is 5.94. The highest BCUT2D eigenvalue weighted by Gasteiger charge is 2.17. The predicted octanol–water partition coefficient (Wildman–Crippen LogP) is 2.55. The number of amides is 2. The van der Waals surface area contributed by atoms with Crippen LogP contribution in [0.2, 0.25) is 0 Å². The Bertz CT molecular complexity index is 604. The lowest BCUT2D eigenvalue weighted by atomic mass is 10.1. The van der Waals surface area contributed by atoms with Crippen molar-refractivity contribution in [1.29, 1.82) is 0 Å². The van der Waals surface area contributed by atoms with Crippen molar-refractivity contribution in [2.24, 2.45) is 0 Å². The van der Waals surface area contributed by atoms with E-state index in [0.717, 1.165) is 44.4 Å². The normalized spacial score (nSPS) is 18.0. The van der Waals surface area contributed by atoms with Gasteiger partial charge in [0.2, 0.25) is 5.91 Å². The van der Waals surface area contributed by atoms with Crippen molar-refractivity contribution in [3.05, 3.63) is 35.4 Å². The summed E-state index contributed by atoms with van der Waals surface area (Å²) in [4.78, 5) is 23.7. The van der Waals surface area contributed by atoms with E-state index < -0.39 is 17.5 Å². The fourth-order valence-corrected chi connectivity index (χ4v) is 2.79. The Morgan fingerprint density at radius 3 is 2.84 bits per heavy atom. The maximum absolute atomic E-state index is 13.5. The van der Waals surface area contributed by atoms with E-state index in [-0.39, 0.29) is 30.5 Å². The average Bonchev–Trinajstić information content (AvgIpc) is 3.06. The quantitative estimate of drug-likeness (QED) is 0.754. The van der Waals surface area contributed by atoms with Gasteiger partial charge < -0.3 is 15.4 Å². The van der Waals surface area contributed by atoms with Crippen LogP contribution in [-0.2, 0) is 9.53 Å². The summed E-state index contributed by atoms with van der Waals surface area (Å²) < 4.78 is 31.8. The van der Waals surface area contributed by atoms with Crippen LogP contribution in [0.25, 0.3) is 0 Å². The smallest absolute Gasteiger partial charge is 0.254 e. The molecule has 1 aliphatic heterocycles. The van der Waals surface area contributed by atoms with Gasteiger partial charge in [0.25, 0.3) is 5.91 Å². The van der Waals surface area contributed by atoms with Crippen LogP contribution >= 0.6 is 0 Å². The molecule has 1 heterocycles. The van der Waals surface area contributed by atoms with Crippen LogP contribution in [0.3, 0.4) is 0 Å². The van der Waals surface area contributed by atoms with Gasteiger partial charge in [0.15, 0.2) is 0 Å². The molecule has 25 heavy (non-hydrogen) atoms. The first kappa shape index (κ1) is 19.3. The average molecular weight is 354 g/mol. The maximum atomic E-state index is 13.5. The fourth-order valence-electron chi connectivity index (χ4n) is 2.79. The van der Waals surface area contributed by atoms with Gasteiger partial charge in [-0.05, 0) is 44.7 Å². The van der Waals surface area contributed by atoms with Crippen LogP contribution in [0.15, 0.2) is 18.2 Å². The van der Waals surface area contributed by atoms with Gasteiger partial charge in [0.1, 0.15) is 11.6 Å². The number of benzene rings is 1. The van der Waals surface area contributed by atoms with E-state index in [2.05, 4.69) is 10.6 Å². The Balaban J connectivity index is 1.64. The molecule has 1 saturated heterocycles. The van der Waals surface area contributed by atoms with Gasteiger partial charge in [0.05, 0.1) is 11.7 Å². The van der Waals surface area contributed by atoms with Crippen LogP contribution in [0.4, 0.5) is 8.78 Å². The van der Waals surface area contributed by atoms with Gasteiger partial charge >= 0.3 is 0 Å². The summed E-state index contributed by atoms with van der Waals surface area (Å²) in [6.07, 6.45) is 4.32. The Morgan fingerprint density at radius 2 is 2.16 bits per heavy atom. The van der Waals surface area contributed by atoms with Crippen molar-refractivity contribution < 1.29 is 23.1 Å². The van der Waals surface area contributed by atoms with Crippen molar-refractivity contribution in [2.75, 3.05) is 13.2 Å². The molecule has 1 aliphatic rings. The lowest BCUT2D eigenvalue weighted by Gasteiger charge is -2.16. The van der Waals surface area contributed by atoms with Gasteiger partial charge in [-0.1, -0.05) is 0 Å². The van der Waals surface area contributed by atoms with Crippen LogP contribution in [0.1, 0.15) is 49.4 Å². The van der Waals surface area contributed by atoms with Crippen molar-refractivity contribution in [1.82, 2.24) is 10.6 Å². The Labute approximate surface area is 146 Å². The second-order valence-electron chi connectivity index (χ2n) is 6.31. The minimum absolute atomic E-state index is 0.0296. The van der Waals surface area contributed by atoms with Gasteiger partial charge in [-0.25, -0.2) is 8.78 Å². The number of ether oxygens (including phenoxy) is 1. The molecule has 1 fully saturated rings. The zero-order chi connectivity index (χ0) is 18.2. The van der Waals surface area contributed by atoms with Crippen molar-refractivity contribution in [3.63, 3.8) is 0 Å². The SMILES string of the molecule is CC(CCC1CCCO1)NC(=O)CCNC(=O)c1ccc(F)cc1F. The molecule has 1 aromatic rings. The van der Waals surface area contributed by atoms with E-state index in [1.807, 2.05) is 6.92 Å². The van der Waals surface area contributed by atoms with E-state index in [1.165, 1.54) is 0 Å². The molecule has 0 aromatic heterocycles. The summed E-state index contributed by atoms with van der Waals surface area (Å²) in [7, 11) is 0. The molecule has 2 N–H and O–H groups in total. The molecule has 0 bridgehead atoms. The van der Waals surface area contributed by atoms with Gasteiger partial charge in [-0.3, -0.25) is 9.59 Å². The minimum atomic E-state index is -0.926. The standard InChI is InChI=1S/C18H24F2N2O3/c1-12(4-6-14-3-2-10-25-14)22-17(23)8-9-21-18(24)15-7-5-13(19)11-16(15)20/h5,7,11-12,14H,2-4,6,8-10H2,1H3,(H,21,24)(H,22,23). The summed E-state index contributed by atoms with van der Waals surface area (Å²) in [5, 5.41) is 5.32. The maximum Gasteiger partial charge on any atom is 0.254 e. The highest BCUT2D eigenvalue weighted by atomic mass is 19.1. The monoisotopic (exact) mass is 354 g/mol. The molecule has 2 rings (SSSR count). The number of carbonyl (C=O) groups excluding carboxylic acids is 2. The van der Waals surface area contributed by atoms with Gasteiger partial charge in [-0.2, -0.15) is 0 Å². The molecule has 0 spiro atoms. The lowest BCUT2D eigenvalue weighted by molar-refractivity contribution is -0.121. The van der Waals surface area contributed by atoms with Crippen LogP contribution in [-0.4, -0.2) is 37.1 Å². The summed E-state index contributed by atoms with van der Waals surface area (Å²) in [5.41, 5.74) is -0.244. The number of hydrogen-bond acceptors (Lipinski definition) is 3. The van der Waals surface area contributed by atoms with E-state index in [1.54, 1.807) is 0 Å². The van der Waals surface area contributed by atoms with Crippen LogP contribution in [0.5, 0.6) is 0 Å². The van der Waals surface area contributed by atoms with Crippen LogP contribution in [0, 0.1) is 11.6 Å². The molecule has 5 nitrogen and oxygen atoms in total.